The Morgan fingerprint density at radius 1 is 1.17 bits per heavy atom. The third-order valence-corrected chi connectivity index (χ3v) is 7.53. The Bertz CT molecular complexity index is 1220. The van der Waals surface area contributed by atoms with Gasteiger partial charge in [0.05, 0.1) is 11.7 Å². The fourth-order valence-corrected chi connectivity index (χ4v) is 5.88. The van der Waals surface area contributed by atoms with E-state index < -0.39 is 0 Å². The first-order valence-electron chi connectivity index (χ1n) is 12.6. The number of aromatic nitrogens is 2. The monoisotopic (exact) mass is 503 g/mol. The molecule has 1 amide bonds. The first-order chi connectivity index (χ1) is 17.6. The summed E-state index contributed by atoms with van der Waals surface area (Å²) >= 11 is 5.92. The summed E-state index contributed by atoms with van der Waals surface area (Å²) in [5.74, 6) is -0.176. The molecule has 8 heteroatoms. The van der Waals surface area contributed by atoms with Gasteiger partial charge in [0.2, 0.25) is 5.91 Å². The maximum Gasteiger partial charge on any atom is 0.250 e. The number of methoxy groups -OCH3 is 1. The van der Waals surface area contributed by atoms with E-state index in [0.29, 0.717) is 11.2 Å². The normalized spacial score (nSPS) is 20.4. The number of carbonyl (C=O) groups is 1. The molecular weight excluding hydrogens is 470 g/mol. The van der Waals surface area contributed by atoms with Gasteiger partial charge in [-0.3, -0.25) is 9.78 Å². The Kier molecular flexibility index (Phi) is 7.34. The Morgan fingerprint density at radius 3 is 2.72 bits per heavy atom. The fraction of sp³-hybridized carbons (Fsp3) is 0.393. The SMILES string of the molecule is COCC(=O)Nc1ccc(N2C(=S)NC(c3ccccn3)C2c2cccn2C2CCCCC2)cc1C. The lowest BCUT2D eigenvalue weighted by Gasteiger charge is -2.32. The second-order valence-corrected chi connectivity index (χ2v) is 10.00. The molecule has 3 aromatic rings. The highest BCUT2D eigenvalue weighted by atomic mass is 32.1. The molecule has 1 aliphatic heterocycles. The summed E-state index contributed by atoms with van der Waals surface area (Å²) in [6.07, 6.45) is 10.3. The van der Waals surface area contributed by atoms with Crippen LogP contribution in [0.4, 0.5) is 11.4 Å². The van der Waals surface area contributed by atoms with Crippen LogP contribution in [-0.2, 0) is 9.53 Å². The Labute approximate surface area is 217 Å². The quantitative estimate of drug-likeness (QED) is 0.417. The predicted octanol–water partition coefficient (Wildman–Crippen LogP) is 5.46. The number of hydrogen-bond acceptors (Lipinski definition) is 4. The van der Waals surface area contributed by atoms with Crippen molar-refractivity contribution in [2.75, 3.05) is 23.9 Å². The van der Waals surface area contributed by atoms with Gasteiger partial charge in [-0.15, -0.1) is 0 Å². The largest absolute Gasteiger partial charge is 0.375 e. The molecule has 2 aliphatic rings. The van der Waals surface area contributed by atoms with Crippen molar-refractivity contribution in [3.05, 3.63) is 77.9 Å². The molecule has 2 fully saturated rings. The van der Waals surface area contributed by atoms with E-state index in [2.05, 4.69) is 50.6 Å². The minimum absolute atomic E-state index is 0.0211. The van der Waals surface area contributed by atoms with Crippen LogP contribution in [0.3, 0.4) is 0 Å². The van der Waals surface area contributed by atoms with E-state index >= 15 is 0 Å². The molecule has 36 heavy (non-hydrogen) atoms. The maximum absolute atomic E-state index is 12.1. The summed E-state index contributed by atoms with van der Waals surface area (Å²) in [6.45, 7) is 2.02. The zero-order valence-corrected chi connectivity index (χ0v) is 21.6. The molecule has 0 radical (unpaired) electrons. The summed E-state index contributed by atoms with van der Waals surface area (Å²) in [6, 6.07) is 16.8. The molecular formula is C28H33N5O2S. The number of thiocarbonyl (C=S) groups is 1. The third-order valence-electron chi connectivity index (χ3n) is 7.22. The number of amides is 1. The number of nitrogens with one attached hydrogen (secondary N) is 2. The molecule has 2 unspecified atom stereocenters. The van der Waals surface area contributed by atoms with Crippen molar-refractivity contribution in [1.82, 2.24) is 14.9 Å². The lowest BCUT2D eigenvalue weighted by atomic mass is 9.94. The summed E-state index contributed by atoms with van der Waals surface area (Å²) in [4.78, 5) is 19.0. The van der Waals surface area contributed by atoms with Crippen LogP contribution in [0.5, 0.6) is 0 Å². The van der Waals surface area contributed by atoms with Crippen LogP contribution in [0, 0.1) is 6.92 Å². The van der Waals surface area contributed by atoms with Gasteiger partial charge in [0.1, 0.15) is 12.6 Å². The van der Waals surface area contributed by atoms with E-state index in [1.165, 1.54) is 44.9 Å². The van der Waals surface area contributed by atoms with Crippen LogP contribution >= 0.6 is 12.2 Å². The minimum Gasteiger partial charge on any atom is -0.375 e. The number of ether oxygens (including phenoxy) is 1. The smallest absolute Gasteiger partial charge is 0.250 e. The second kappa shape index (κ2) is 10.8. The first kappa shape index (κ1) is 24.5. The number of aryl methyl sites for hydroxylation is 1. The maximum atomic E-state index is 12.1. The van der Waals surface area contributed by atoms with Crippen molar-refractivity contribution in [3.63, 3.8) is 0 Å². The van der Waals surface area contributed by atoms with Gasteiger partial charge in [-0.2, -0.15) is 0 Å². The molecule has 2 N–H and O–H groups in total. The van der Waals surface area contributed by atoms with Crippen LogP contribution in [0.15, 0.2) is 60.9 Å². The van der Waals surface area contributed by atoms with Gasteiger partial charge < -0.3 is 24.8 Å². The summed E-state index contributed by atoms with van der Waals surface area (Å²) in [7, 11) is 1.51. The number of carbonyl (C=O) groups excluding carboxylic acids is 1. The minimum atomic E-state index is -0.176. The summed E-state index contributed by atoms with van der Waals surface area (Å²) in [5.41, 5.74) is 4.91. The van der Waals surface area contributed by atoms with Crippen molar-refractivity contribution < 1.29 is 9.53 Å². The van der Waals surface area contributed by atoms with Crippen LogP contribution < -0.4 is 15.5 Å². The van der Waals surface area contributed by atoms with Gasteiger partial charge in [-0.25, -0.2) is 0 Å². The first-order valence-corrected chi connectivity index (χ1v) is 13.0. The third kappa shape index (κ3) is 4.88. The zero-order chi connectivity index (χ0) is 25.1. The number of nitrogens with zero attached hydrogens (tertiary/aromatic N) is 3. The number of benzene rings is 1. The molecule has 0 bridgehead atoms. The van der Waals surface area contributed by atoms with Crippen molar-refractivity contribution in [2.45, 2.75) is 57.2 Å². The van der Waals surface area contributed by atoms with E-state index in [4.69, 9.17) is 21.9 Å². The van der Waals surface area contributed by atoms with Crippen molar-refractivity contribution in [2.24, 2.45) is 0 Å². The van der Waals surface area contributed by atoms with Crippen molar-refractivity contribution >= 4 is 34.6 Å². The molecule has 1 aliphatic carbocycles. The van der Waals surface area contributed by atoms with Crippen LogP contribution in [0.25, 0.3) is 0 Å². The Hall–Kier alpha value is -3.23. The predicted molar refractivity (Wildman–Crippen MR) is 146 cm³/mol. The van der Waals surface area contributed by atoms with Crippen LogP contribution in [0.2, 0.25) is 0 Å². The van der Waals surface area contributed by atoms with Gasteiger partial charge in [0.25, 0.3) is 0 Å². The molecule has 5 rings (SSSR count). The lowest BCUT2D eigenvalue weighted by Crippen LogP contribution is -2.31. The van der Waals surface area contributed by atoms with E-state index in [9.17, 15) is 4.79 Å². The molecule has 3 heterocycles. The fourth-order valence-electron chi connectivity index (χ4n) is 5.54. The number of hydrogen-bond donors (Lipinski definition) is 2. The lowest BCUT2D eigenvalue weighted by molar-refractivity contribution is -0.119. The highest BCUT2D eigenvalue weighted by molar-refractivity contribution is 7.80. The Balaban J connectivity index is 1.54. The standard InChI is InChI=1S/C28H33N5O2S/c1-19-17-21(13-14-22(19)30-25(34)18-35-2)33-27(26(31-28(33)36)23-11-6-7-15-29-23)24-12-8-16-32(24)20-9-4-3-5-10-20/h6-8,11-17,20,26-27H,3-5,9-10,18H2,1-2H3,(H,30,34)(H,31,36). The summed E-state index contributed by atoms with van der Waals surface area (Å²) < 4.78 is 7.42. The summed E-state index contributed by atoms with van der Waals surface area (Å²) in [5, 5.41) is 7.16. The Morgan fingerprint density at radius 2 is 2.00 bits per heavy atom. The molecule has 1 saturated heterocycles. The van der Waals surface area contributed by atoms with Gasteiger partial charge in [-0.05, 0) is 80.0 Å². The van der Waals surface area contributed by atoms with Gasteiger partial charge in [0, 0.05) is 42.6 Å². The highest BCUT2D eigenvalue weighted by Gasteiger charge is 2.42. The van der Waals surface area contributed by atoms with E-state index in [1.807, 2.05) is 37.4 Å². The van der Waals surface area contributed by atoms with E-state index in [0.717, 1.165) is 22.6 Å². The number of pyridine rings is 1. The van der Waals surface area contributed by atoms with Gasteiger partial charge in [0.15, 0.2) is 5.11 Å². The number of anilines is 2. The molecule has 7 nitrogen and oxygen atoms in total. The second-order valence-electron chi connectivity index (χ2n) is 9.61. The van der Waals surface area contributed by atoms with Gasteiger partial charge >= 0.3 is 0 Å². The topological polar surface area (TPSA) is 71.4 Å². The van der Waals surface area contributed by atoms with E-state index in [-0.39, 0.29) is 24.6 Å². The molecule has 2 aromatic heterocycles. The molecule has 1 saturated carbocycles. The molecule has 188 valence electrons. The van der Waals surface area contributed by atoms with Crippen molar-refractivity contribution in [3.8, 4) is 0 Å². The van der Waals surface area contributed by atoms with E-state index in [1.54, 1.807) is 0 Å². The van der Waals surface area contributed by atoms with Crippen molar-refractivity contribution in [1.29, 1.82) is 0 Å². The number of rotatable bonds is 7. The van der Waals surface area contributed by atoms with Crippen LogP contribution in [0.1, 0.15) is 67.2 Å². The van der Waals surface area contributed by atoms with Gasteiger partial charge in [-0.1, -0.05) is 25.3 Å². The average Bonchev–Trinajstić information content (AvgIpc) is 3.51. The van der Waals surface area contributed by atoms with Crippen LogP contribution in [-0.4, -0.2) is 34.3 Å². The molecule has 2 atom stereocenters. The molecule has 1 aromatic carbocycles. The average molecular weight is 504 g/mol. The zero-order valence-electron chi connectivity index (χ0n) is 20.8. The molecule has 0 spiro atoms. The highest BCUT2D eigenvalue weighted by Crippen LogP contribution is 2.44.